The Hall–Kier alpha value is -5.19. The molecule has 0 aliphatic heterocycles. The van der Waals surface area contributed by atoms with Gasteiger partial charge in [0.15, 0.2) is 17.5 Å². The molecule has 2 aromatic heterocycles. The Morgan fingerprint density at radius 1 is 0.540 bits per heavy atom. The zero-order chi connectivity index (χ0) is 33.8. The number of nitrogens with zero attached hydrogens (tertiary/aromatic N) is 3. The highest BCUT2D eigenvalue weighted by atomic mass is 32.1. The molecule has 0 saturated heterocycles. The van der Waals surface area contributed by atoms with Crippen molar-refractivity contribution in [2.45, 2.75) is 40.0 Å². The van der Waals surface area contributed by atoms with E-state index in [1.165, 1.54) is 58.8 Å². The lowest BCUT2D eigenvalue weighted by Gasteiger charge is -2.25. The van der Waals surface area contributed by atoms with E-state index in [2.05, 4.69) is 148 Å². The summed E-state index contributed by atoms with van der Waals surface area (Å²) < 4.78 is 2.58. The van der Waals surface area contributed by atoms with Crippen LogP contribution in [-0.2, 0) is 0 Å². The lowest BCUT2D eigenvalue weighted by atomic mass is 9.82. The molecule has 5 aromatic carbocycles. The predicted octanol–water partition coefficient (Wildman–Crippen LogP) is 12.7. The van der Waals surface area contributed by atoms with Gasteiger partial charge >= 0.3 is 0 Å². The summed E-state index contributed by atoms with van der Waals surface area (Å²) in [5.74, 6) is 3.96. The van der Waals surface area contributed by atoms with Crippen LogP contribution < -0.4 is 0 Å². The van der Waals surface area contributed by atoms with Gasteiger partial charge in [-0.1, -0.05) is 136 Å². The van der Waals surface area contributed by atoms with Crippen molar-refractivity contribution in [1.29, 1.82) is 0 Å². The molecule has 2 aliphatic carbocycles. The van der Waals surface area contributed by atoms with E-state index in [9.17, 15) is 0 Å². The maximum Gasteiger partial charge on any atom is 0.164 e. The number of aromatic nitrogens is 3. The summed E-state index contributed by atoms with van der Waals surface area (Å²) in [4.78, 5) is 15.7. The molecule has 0 radical (unpaired) electrons. The molecule has 0 amide bonds. The summed E-state index contributed by atoms with van der Waals surface area (Å²) in [6, 6.07) is 39.3. The topological polar surface area (TPSA) is 38.7 Å². The summed E-state index contributed by atoms with van der Waals surface area (Å²) >= 11 is 1.85. The first-order valence-corrected chi connectivity index (χ1v) is 18.7. The molecule has 3 atom stereocenters. The van der Waals surface area contributed by atoms with Gasteiger partial charge in [-0.25, -0.2) is 15.0 Å². The lowest BCUT2D eigenvalue weighted by Crippen LogP contribution is -2.14. The number of thiophene rings is 1. The van der Waals surface area contributed by atoms with Gasteiger partial charge in [0.1, 0.15) is 0 Å². The number of fused-ring (bicyclic) bond motifs is 5. The van der Waals surface area contributed by atoms with Crippen molar-refractivity contribution in [3.05, 3.63) is 144 Å². The number of hydrogen-bond acceptors (Lipinski definition) is 4. The summed E-state index contributed by atoms with van der Waals surface area (Å²) in [5, 5.41) is 4.97. The molecule has 50 heavy (non-hydrogen) atoms. The molecule has 244 valence electrons. The highest BCUT2D eigenvalue weighted by Crippen LogP contribution is 2.43. The molecule has 4 heteroatoms. The van der Waals surface area contributed by atoms with Gasteiger partial charge < -0.3 is 0 Å². The second-order valence-corrected chi connectivity index (χ2v) is 15.3. The Morgan fingerprint density at radius 3 is 2.12 bits per heavy atom. The Balaban J connectivity index is 1.20. The van der Waals surface area contributed by atoms with Gasteiger partial charge in [0.2, 0.25) is 0 Å². The molecule has 7 aromatic rings. The monoisotopic (exact) mass is 665 g/mol. The standard InChI is InChI=1S/C46H39N3S/c1-28-16-24-36(31-10-5-4-6-11-31)39(26-28)32-19-21-34(22-20-32)44-47-45(35-18-17-29(2)30(3)27-35)49-46(48-44)38-14-9-12-33-23-25-41-43(42(33)38)37-13-7-8-15-40(37)50-41/h4-15,18-26,28-30H,16-17,27H2,1-3H3. The molecule has 0 bridgehead atoms. The lowest BCUT2D eigenvalue weighted by molar-refractivity contribution is 0.385. The number of rotatable bonds is 5. The fourth-order valence-corrected chi connectivity index (χ4v) is 8.83. The maximum atomic E-state index is 5.27. The quantitative estimate of drug-likeness (QED) is 0.184. The van der Waals surface area contributed by atoms with E-state index >= 15 is 0 Å². The normalized spacial score (nSPS) is 19.4. The van der Waals surface area contributed by atoms with E-state index in [1.807, 2.05) is 11.3 Å². The smallest absolute Gasteiger partial charge is 0.164 e. The highest BCUT2D eigenvalue weighted by molar-refractivity contribution is 7.26. The first kappa shape index (κ1) is 30.8. The largest absolute Gasteiger partial charge is 0.209 e. The summed E-state index contributed by atoms with van der Waals surface area (Å²) in [5.41, 5.74) is 8.33. The Bertz CT molecular complexity index is 2500. The van der Waals surface area contributed by atoms with Gasteiger partial charge in [-0.05, 0) is 82.4 Å². The van der Waals surface area contributed by atoms with Crippen molar-refractivity contribution in [1.82, 2.24) is 15.0 Å². The van der Waals surface area contributed by atoms with Crippen LogP contribution >= 0.6 is 11.3 Å². The molecule has 0 N–H and O–H groups in total. The van der Waals surface area contributed by atoms with Crippen LogP contribution in [0, 0.1) is 17.8 Å². The first-order valence-electron chi connectivity index (χ1n) is 17.9. The van der Waals surface area contributed by atoms with Gasteiger partial charge in [-0.15, -0.1) is 11.3 Å². The van der Waals surface area contributed by atoms with Crippen LogP contribution in [0.5, 0.6) is 0 Å². The fourth-order valence-electron chi connectivity index (χ4n) is 7.72. The average Bonchev–Trinajstić information content (AvgIpc) is 3.55. The van der Waals surface area contributed by atoms with Crippen LogP contribution in [0.3, 0.4) is 0 Å². The molecule has 2 heterocycles. The fraction of sp³-hybridized carbons (Fsp3) is 0.196. The molecule has 3 nitrogen and oxygen atoms in total. The molecular formula is C46H39N3S. The molecule has 0 spiro atoms. The zero-order valence-corrected chi connectivity index (χ0v) is 29.5. The molecule has 9 rings (SSSR count). The van der Waals surface area contributed by atoms with E-state index in [0.717, 1.165) is 42.0 Å². The van der Waals surface area contributed by atoms with Crippen molar-refractivity contribution in [2.75, 3.05) is 0 Å². The van der Waals surface area contributed by atoms with Gasteiger partial charge in [-0.2, -0.15) is 0 Å². The first-order chi connectivity index (χ1) is 24.5. The van der Waals surface area contributed by atoms with Crippen LogP contribution in [0.2, 0.25) is 0 Å². The number of benzene rings is 5. The van der Waals surface area contributed by atoms with Crippen molar-refractivity contribution < 1.29 is 0 Å². The maximum absolute atomic E-state index is 5.27. The Kier molecular flexibility index (Phi) is 7.77. The van der Waals surface area contributed by atoms with Crippen molar-refractivity contribution in [2.24, 2.45) is 17.8 Å². The number of hydrogen-bond donors (Lipinski definition) is 0. The van der Waals surface area contributed by atoms with E-state index in [4.69, 9.17) is 15.0 Å². The summed E-state index contributed by atoms with van der Waals surface area (Å²) in [6.07, 6.45) is 10.2. The minimum atomic E-state index is 0.493. The van der Waals surface area contributed by atoms with E-state index in [-0.39, 0.29) is 0 Å². The molecular weight excluding hydrogens is 627 g/mol. The molecule has 3 unspecified atom stereocenters. The molecule has 0 saturated carbocycles. The van der Waals surface area contributed by atoms with Gasteiger partial charge in [0.05, 0.1) is 0 Å². The van der Waals surface area contributed by atoms with Crippen LogP contribution in [0.15, 0.2) is 127 Å². The van der Waals surface area contributed by atoms with Crippen LogP contribution in [-0.4, -0.2) is 15.0 Å². The van der Waals surface area contributed by atoms with Gasteiger partial charge in [-0.3, -0.25) is 0 Å². The van der Waals surface area contributed by atoms with E-state index < -0.39 is 0 Å². The predicted molar refractivity (Wildman–Crippen MR) is 213 cm³/mol. The summed E-state index contributed by atoms with van der Waals surface area (Å²) in [6.45, 7) is 6.99. The third-order valence-electron chi connectivity index (χ3n) is 10.8. The van der Waals surface area contributed by atoms with Crippen molar-refractivity contribution in [3.8, 4) is 22.8 Å². The molecule has 2 aliphatic rings. The van der Waals surface area contributed by atoms with Crippen molar-refractivity contribution in [3.63, 3.8) is 0 Å². The average molecular weight is 666 g/mol. The van der Waals surface area contributed by atoms with Crippen LogP contribution in [0.4, 0.5) is 0 Å². The summed E-state index contributed by atoms with van der Waals surface area (Å²) in [7, 11) is 0. The van der Waals surface area contributed by atoms with E-state index in [1.54, 1.807) is 0 Å². The minimum absolute atomic E-state index is 0.493. The molecule has 0 fully saturated rings. The van der Waals surface area contributed by atoms with Gasteiger partial charge in [0.25, 0.3) is 0 Å². The Labute approximate surface area is 297 Å². The highest BCUT2D eigenvalue weighted by Gasteiger charge is 2.24. The third-order valence-corrected chi connectivity index (χ3v) is 11.9. The SMILES string of the molecule is CC1C=C(c2ccc(-c3nc(C4=CCC(C)C(C)C4)nc(-c4cccc5ccc6sc7ccccc7c6c45)n3)cc2)C(c2ccccc2)=CC1. The van der Waals surface area contributed by atoms with Crippen LogP contribution in [0.1, 0.15) is 57.0 Å². The zero-order valence-electron chi connectivity index (χ0n) is 28.7. The van der Waals surface area contributed by atoms with Crippen molar-refractivity contribution >= 4 is 59.0 Å². The van der Waals surface area contributed by atoms with Gasteiger partial charge in [0, 0.05) is 36.7 Å². The minimum Gasteiger partial charge on any atom is -0.209 e. The Morgan fingerprint density at radius 2 is 1.28 bits per heavy atom. The third kappa shape index (κ3) is 5.48. The van der Waals surface area contributed by atoms with E-state index in [0.29, 0.717) is 23.6 Å². The second kappa shape index (κ2) is 12.6. The second-order valence-electron chi connectivity index (χ2n) is 14.2. The van der Waals surface area contributed by atoms with Crippen LogP contribution in [0.25, 0.3) is 70.4 Å². The number of allylic oxidation sites excluding steroid dienone is 6.